The second-order valence-electron chi connectivity index (χ2n) is 9.73. The minimum atomic E-state index is -4.60. The number of carbonyl (C=O) groups is 2. The van der Waals surface area contributed by atoms with Crippen molar-refractivity contribution in [3.8, 4) is 0 Å². The Kier molecular flexibility index (Phi) is 24.8. The average Bonchev–Trinajstić information content (AvgIpc) is 2.91. The highest BCUT2D eigenvalue weighted by Crippen LogP contribution is 2.43. The lowest BCUT2D eigenvalue weighted by Gasteiger charge is -2.20. The van der Waals surface area contributed by atoms with Crippen LogP contribution in [-0.2, 0) is 32.7 Å². The van der Waals surface area contributed by atoms with Gasteiger partial charge in [0.25, 0.3) is 0 Å². The number of hydrogen-bond acceptors (Lipinski definition) is 9. The molecule has 0 aromatic rings. The van der Waals surface area contributed by atoms with Crippen LogP contribution in [0.5, 0.6) is 0 Å². The second-order valence-corrected chi connectivity index (χ2v) is 11.2. The van der Waals surface area contributed by atoms with E-state index in [9.17, 15) is 29.3 Å². The van der Waals surface area contributed by atoms with Gasteiger partial charge in [-0.2, -0.15) is 0 Å². The predicted molar refractivity (Wildman–Crippen MR) is 150 cm³/mol. The van der Waals surface area contributed by atoms with E-state index in [0.29, 0.717) is 12.8 Å². The Morgan fingerprint density at radius 2 is 1.05 bits per heavy atom. The van der Waals surface area contributed by atoms with Crippen LogP contribution < -0.4 is 0 Å². The number of ether oxygens (including phenoxy) is 2. The molecule has 0 fully saturated rings. The number of phosphoric acid groups is 1. The molecule has 0 saturated heterocycles. The number of phosphoric ester groups is 1. The van der Waals surface area contributed by atoms with Crippen LogP contribution in [0.15, 0.2) is 12.2 Å². The lowest BCUT2D eigenvalue weighted by molar-refractivity contribution is -0.153. The number of aliphatic hydroxyl groups is 2. The smallest absolute Gasteiger partial charge is 0.457 e. The lowest BCUT2D eigenvalue weighted by Crippen LogP contribution is -2.28. The standard InChI is InChI=1S/C28H53O10P/c1-3-5-7-8-9-10-11-12-13-14-15-16-18-20-28(32)38-26(22-30)24-36-39(33,34)35-23-25(21-29)37-27(31)19-17-6-4-2/h10-11,25-26,29-30H,3-9,12-24H2,1-2H3,(H,33,34)/b11-10-. The Labute approximate surface area is 235 Å². The Bertz CT molecular complexity index is 685. The Hall–Kier alpha value is -1.29. The molecular formula is C28H53O10P. The van der Waals surface area contributed by atoms with E-state index in [1.165, 1.54) is 25.7 Å². The quantitative estimate of drug-likeness (QED) is 0.0473. The van der Waals surface area contributed by atoms with Gasteiger partial charge in [0.1, 0.15) is 12.2 Å². The zero-order chi connectivity index (χ0) is 29.2. The van der Waals surface area contributed by atoms with Gasteiger partial charge in [-0.25, -0.2) is 4.57 Å². The minimum Gasteiger partial charge on any atom is -0.457 e. The van der Waals surface area contributed by atoms with Crippen LogP contribution in [0.25, 0.3) is 0 Å². The maximum Gasteiger partial charge on any atom is 0.472 e. The summed E-state index contributed by atoms with van der Waals surface area (Å²) in [5.41, 5.74) is 0. The molecule has 0 heterocycles. The highest BCUT2D eigenvalue weighted by Gasteiger charge is 2.27. The van der Waals surface area contributed by atoms with Gasteiger partial charge in [-0.15, -0.1) is 0 Å². The van der Waals surface area contributed by atoms with Crippen LogP contribution in [-0.4, -0.2) is 65.7 Å². The number of unbranched alkanes of at least 4 members (excludes halogenated alkanes) is 11. The summed E-state index contributed by atoms with van der Waals surface area (Å²) < 4.78 is 31.9. The number of hydrogen-bond donors (Lipinski definition) is 3. The second kappa shape index (κ2) is 25.7. The molecule has 0 saturated carbocycles. The summed E-state index contributed by atoms with van der Waals surface area (Å²) in [5.74, 6) is -1.06. The van der Waals surface area contributed by atoms with Gasteiger partial charge in [0, 0.05) is 12.8 Å². The van der Waals surface area contributed by atoms with Crippen molar-refractivity contribution in [1.82, 2.24) is 0 Å². The topological polar surface area (TPSA) is 149 Å². The predicted octanol–water partition coefficient (Wildman–Crippen LogP) is 5.77. The van der Waals surface area contributed by atoms with Gasteiger partial charge in [-0.1, -0.05) is 77.4 Å². The third-order valence-corrected chi connectivity index (χ3v) is 6.93. The molecule has 3 N–H and O–H groups in total. The van der Waals surface area contributed by atoms with Crippen LogP contribution in [0.4, 0.5) is 0 Å². The number of allylic oxidation sites excluding steroid dienone is 2. The fourth-order valence-corrected chi connectivity index (χ4v) is 4.42. The molecule has 0 rings (SSSR count). The number of esters is 2. The van der Waals surface area contributed by atoms with Crippen LogP contribution >= 0.6 is 7.82 Å². The first-order valence-electron chi connectivity index (χ1n) is 14.6. The van der Waals surface area contributed by atoms with E-state index in [1.54, 1.807) is 0 Å². The average molecular weight is 581 g/mol. The summed E-state index contributed by atoms with van der Waals surface area (Å²) in [4.78, 5) is 33.6. The summed E-state index contributed by atoms with van der Waals surface area (Å²) in [7, 11) is -4.60. The van der Waals surface area contributed by atoms with Crippen LogP contribution in [0.2, 0.25) is 0 Å². The highest BCUT2D eigenvalue weighted by atomic mass is 31.2. The van der Waals surface area contributed by atoms with Crippen molar-refractivity contribution in [3.05, 3.63) is 12.2 Å². The summed E-state index contributed by atoms with van der Waals surface area (Å²) in [6.45, 7) is 1.92. The third kappa shape index (κ3) is 24.2. The van der Waals surface area contributed by atoms with Crippen LogP contribution in [0.1, 0.15) is 117 Å². The van der Waals surface area contributed by atoms with Gasteiger partial charge >= 0.3 is 19.8 Å². The van der Waals surface area contributed by atoms with Gasteiger partial charge in [0.15, 0.2) is 0 Å². The summed E-state index contributed by atoms with van der Waals surface area (Å²) in [6.07, 6.45) is 17.3. The molecular weight excluding hydrogens is 527 g/mol. The maximum absolute atomic E-state index is 12.1. The van der Waals surface area contributed by atoms with E-state index in [4.69, 9.17) is 18.5 Å². The molecule has 10 nitrogen and oxygen atoms in total. The van der Waals surface area contributed by atoms with Crippen molar-refractivity contribution in [2.75, 3.05) is 26.4 Å². The van der Waals surface area contributed by atoms with Crippen molar-refractivity contribution in [1.29, 1.82) is 0 Å². The first-order chi connectivity index (χ1) is 18.8. The molecule has 0 spiro atoms. The van der Waals surface area contributed by atoms with Gasteiger partial charge in [0.05, 0.1) is 26.4 Å². The molecule has 3 atom stereocenters. The molecule has 0 aliphatic carbocycles. The molecule has 0 aliphatic rings. The Balaban J connectivity index is 4.03. The van der Waals surface area contributed by atoms with E-state index in [1.807, 2.05) is 6.92 Å². The molecule has 39 heavy (non-hydrogen) atoms. The fourth-order valence-electron chi connectivity index (χ4n) is 3.64. The molecule has 11 heteroatoms. The molecule has 0 bridgehead atoms. The molecule has 0 amide bonds. The zero-order valence-electron chi connectivity index (χ0n) is 24.1. The molecule has 0 aliphatic heterocycles. The van der Waals surface area contributed by atoms with Gasteiger partial charge in [0.2, 0.25) is 0 Å². The number of carbonyl (C=O) groups excluding carboxylic acids is 2. The lowest BCUT2D eigenvalue weighted by atomic mass is 10.1. The molecule has 3 unspecified atom stereocenters. The molecule has 230 valence electrons. The minimum absolute atomic E-state index is 0.179. The Morgan fingerprint density at radius 3 is 1.51 bits per heavy atom. The summed E-state index contributed by atoms with van der Waals surface area (Å²) in [6, 6.07) is 0. The largest absolute Gasteiger partial charge is 0.472 e. The monoisotopic (exact) mass is 580 g/mol. The first kappa shape index (κ1) is 37.7. The third-order valence-electron chi connectivity index (χ3n) is 5.98. The first-order valence-corrected chi connectivity index (χ1v) is 16.1. The normalized spacial score (nSPS) is 14.7. The molecule has 0 aromatic carbocycles. The maximum atomic E-state index is 12.1. The van der Waals surface area contributed by atoms with E-state index in [2.05, 4.69) is 19.1 Å². The zero-order valence-corrected chi connectivity index (χ0v) is 25.0. The van der Waals surface area contributed by atoms with Crippen LogP contribution in [0, 0.1) is 0 Å². The van der Waals surface area contributed by atoms with Gasteiger partial charge in [-0.05, 0) is 38.5 Å². The summed E-state index contributed by atoms with van der Waals surface area (Å²) >= 11 is 0. The van der Waals surface area contributed by atoms with Crippen molar-refractivity contribution >= 4 is 19.8 Å². The van der Waals surface area contributed by atoms with E-state index < -0.39 is 58.4 Å². The SMILES string of the molecule is CCCCCC/C=C\CCCCCCCC(=O)OC(CO)COP(=O)(O)OCC(CO)OC(=O)CCCCC. The van der Waals surface area contributed by atoms with E-state index in [-0.39, 0.29) is 12.8 Å². The van der Waals surface area contributed by atoms with E-state index in [0.717, 1.165) is 51.4 Å². The van der Waals surface area contributed by atoms with E-state index >= 15 is 0 Å². The van der Waals surface area contributed by atoms with Crippen molar-refractivity contribution < 1.29 is 47.8 Å². The van der Waals surface area contributed by atoms with Gasteiger partial charge in [-0.3, -0.25) is 18.6 Å². The van der Waals surface area contributed by atoms with Crippen LogP contribution in [0.3, 0.4) is 0 Å². The van der Waals surface area contributed by atoms with Gasteiger partial charge < -0.3 is 24.6 Å². The molecule has 0 radical (unpaired) electrons. The fraction of sp³-hybridized carbons (Fsp3) is 0.857. The highest BCUT2D eigenvalue weighted by molar-refractivity contribution is 7.47. The summed E-state index contributed by atoms with van der Waals surface area (Å²) in [5, 5.41) is 18.8. The Morgan fingerprint density at radius 1 is 0.667 bits per heavy atom. The number of aliphatic hydroxyl groups excluding tert-OH is 2. The van der Waals surface area contributed by atoms with Crippen molar-refractivity contribution in [2.45, 2.75) is 129 Å². The van der Waals surface area contributed by atoms with Crippen molar-refractivity contribution in [3.63, 3.8) is 0 Å². The van der Waals surface area contributed by atoms with Crippen molar-refractivity contribution in [2.24, 2.45) is 0 Å². The molecule has 0 aromatic heterocycles. The number of rotatable bonds is 27.